The zero-order chi connectivity index (χ0) is 28.2. The van der Waals surface area contributed by atoms with Crippen molar-refractivity contribution in [3.05, 3.63) is 57.8 Å². The summed E-state index contributed by atoms with van der Waals surface area (Å²) in [6.45, 7) is 5.64. The van der Waals surface area contributed by atoms with Crippen LogP contribution in [-0.4, -0.2) is 66.2 Å². The highest BCUT2D eigenvalue weighted by molar-refractivity contribution is 7.90. The van der Waals surface area contributed by atoms with Gasteiger partial charge in [0.05, 0.1) is 16.8 Å². The van der Waals surface area contributed by atoms with Crippen LogP contribution < -0.4 is 9.80 Å². The first-order valence-corrected chi connectivity index (χ1v) is 16.0. The minimum absolute atomic E-state index is 0.0381. The number of hydrogen-bond acceptors (Lipinski definition) is 6. The normalized spacial score (nSPS) is 21.1. The molecule has 3 aromatic rings. The van der Waals surface area contributed by atoms with E-state index in [9.17, 15) is 18.3 Å². The number of hydrogen-bond donors (Lipinski definition) is 2. The molecular formula is C28H35Cl2N4O4S+. The molecule has 5 rings (SSSR count). The number of quaternary nitrogens is 1. The Balaban J connectivity index is 1.69. The number of halogens is 2. The second-order valence-corrected chi connectivity index (χ2v) is 14.8. The van der Waals surface area contributed by atoms with Crippen molar-refractivity contribution >= 4 is 55.7 Å². The summed E-state index contributed by atoms with van der Waals surface area (Å²) in [6, 6.07) is 11.1. The van der Waals surface area contributed by atoms with Crippen LogP contribution in [0.2, 0.25) is 10.0 Å². The lowest BCUT2D eigenvalue weighted by Gasteiger charge is -2.39. The summed E-state index contributed by atoms with van der Waals surface area (Å²) >= 11 is 12.8. The molecule has 1 saturated heterocycles. The third kappa shape index (κ3) is 5.37. The van der Waals surface area contributed by atoms with E-state index in [4.69, 9.17) is 28.2 Å². The van der Waals surface area contributed by atoms with E-state index in [1.54, 1.807) is 32.0 Å². The highest BCUT2D eigenvalue weighted by Crippen LogP contribution is 2.53. The molecule has 1 amide bonds. The maximum atomic E-state index is 14.8. The number of aliphatic hydroxyl groups is 1. The number of amides is 1. The molecule has 2 aliphatic rings. The Morgan fingerprint density at radius 3 is 2.46 bits per heavy atom. The van der Waals surface area contributed by atoms with E-state index >= 15 is 0 Å². The van der Waals surface area contributed by atoms with Crippen molar-refractivity contribution in [3.8, 4) is 0 Å². The molecule has 8 nitrogen and oxygen atoms in total. The zero-order valence-corrected chi connectivity index (χ0v) is 24.8. The van der Waals surface area contributed by atoms with Gasteiger partial charge < -0.3 is 15.0 Å². The van der Waals surface area contributed by atoms with E-state index in [1.165, 1.54) is 6.26 Å². The molecule has 1 spiro atoms. The van der Waals surface area contributed by atoms with E-state index in [1.807, 2.05) is 22.8 Å². The number of rotatable bonds is 8. The van der Waals surface area contributed by atoms with Gasteiger partial charge in [-0.1, -0.05) is 23.2 Å². The van der Waals surface area contributed by atoms with E-state index in [0.29, 0.717) is 60.3 Å². The van der Waals surface area contributed by atoms with Crippen LogP contribution in [0.3, 0.4) is 0 Å². The van der Waals surface area contributed by atoms with Crippen LogP contribution in [0.25, 0.3) is 11.0 Å². The standard InChI is InChI=1S/C28H35Cl2N4O4S/c1-27(2,36)18-34(24-8-6-19(29)15-21(24)28(26(34)35)9-11-31-12-10-28)17-25-32-22-16-20(30)5-7-23(22)33(25)13-4-14-39(3,37)38/h5-8,15-16,31,36H,4,9-14,17-18H2,1-3H3/q+1. The molecule has 11 heteroatoms. The number of imidazole rings is 1. The van der Waals surface area contributed by atoms with Crippen LogP contribution in [0.5, 0.6) is 0 Å². The monoisotopic (exact) mass is 593 g/mol. The molecule has 0 radical (unpaired) electrons. The zero-order valence-electron chi connectivity index (χ0n) is 22.5. The predicted molar refractivity (Wildman–Crippen MR) is 156 cm³/mol. The quantitative estimate of drug-likeness (QED) is 0.379. The van der Waals surface area contributed by atoms with Gasteiger partial charge in [-0.25, -0.2) is 22.7 Å². The Bertz CT molecular complexity index is 1540. The fourth-order valence-corrected chi connectivity index (χ4v) is 7.51. The molecule has 39 heavy (non-hydrogen) atoms. The SMILES string of the molecule is CC(C)(O)C[N+]1(Cc2nc3cc(Cl)ccc3n2CCCS(C)(=O)=O)C(=O)C2(CCNCC2)c2cc(Cl)ccc21. The molecule has 1 atom stereocenters. The molecular weight excluding hydrogens is 559 g/mol. The lowest BCUT2D eigenvalue weighted by molar-refractivity contribution is -0.139. The first-order chi connectivity index (χ1) is 18.2. The van der Waals surface area contributed by atoms with Gasteiger partial charge in [-0.05, 0) is 76.5 Å². The molecule has 3 heterocycles. The average molecular weight is 595 g/mol. The fraction of sp³-hybridized carbons (Fsp3) is 0.500. The van der Waals surface area contributed by atoms with Gasteiger partial charge in [-0.3, -0.25) is 0 Å². The number of aryl methyl sites for hydroxylation is 1. The number of nitrogens with zero attached hydrogens (tertiary/aromatic N) is 3. The lowest BCUT2D eigenvalue weighted by atomic mass is 9.74. The van der Waals surface area contributed by atoms with Crippen molar-refractivity contribution < 1.29 is 18.3 Å². The van der Waals surface area contributed by atoms with Crippen molar-refractivity contribution in [2.75, 3.05) is 31.6 Å². The van der Waals surface area contributed by atoms with Crippen LogP contribution in [0, 0.1) is 0 Å². The Morgan fingerprint density at radius 2 is 1.79 bits per heavy atom. The summed E-state index contributed by atoms with van der Waals surface area (Å²) < 4.78 is 25.7. The van der Waals surface area contributed by atoms with Crippen molar-refractivity contribution in [1.82, 2.24) is 19.4 Å². The topological polar surface area (TPSA) is 101 Å². The maximum absolute atomic E-state index is 14.8. The molecule has 0 saturated carbocycles. The molecule has 1 fully saturated rings. The van der Waals surface area contributed by atoms with Crippen molar-refractivity contribution in [3.63, 3.8) is 0 Å². The summed E-state index contributed by atoms with van der Waals surface area (Å²) in [5, 5.41) is 15.7. The fourth-order valence-electron chi connectivity index (χ4n) is 6.52. The molecule has 210 valence electrons. The first-order valence-electron chi connectivity index (χ1n) is 13.2. The predicted octanol–water partition coefficient (Wildman–Crippen LogP) is 4.22. The van der Waals surface area contributed by atoms with Crippen LogP contribution in [-0.2, 0) is 33.1 Å². The Hall–Kier alpha value is -2.01. The Morgan fingerprint density at radius 1 is 1.13 bits per heavy atom. The van der Waals surface area contributed by atoms with Crippen LogP contribution in [0.1, 0.15) is 44.5 Å². The molecule has 2 N–H and O–H groups in total. The molecule has 2 aromatic carbocycles. The number of carbonyl (C=O) groups excluding carboxylic acids is 1. The van der Waals surface area contributed by atoms with Crippen LogP contribution in [0.15, 0.2) is 36.4 Å². The summed E-state index contributed by atoms with van der Waals surface area (Å²) in [4.78, 5) is 19.8. The summed E-state index contributed by atoms with van der Waals surface area (Å²) in [5.41, 5.74) is 1.38. The number of benzene rings is 2. The largest absolute Gasteiger partial charge is 0.385 e. The van der Waals surface area contributed by atoms with E-state index in [0.717, 1.165) is 16.8 Å². The molecule has 0 bridgehead atoms. The lowest BCUT2D eigenvalue weighted by Crippen LogP contribution is -2.62. The second-order valence-electron chi connectivity index (χ2n) is 11.7. The number of aromatic nitrogens is 2. The third-order valence-electron chi connectivity index (χ3n) is 7.94. The van der Waals surface area contributed by atoms with Crippen molar-refractivity contribution in [2.45, 2.75) is 57.2 Å². The average Bonchev–Trinajstić information content (AvgIpc) is 3.24. The minimum atomic E-state index is -3.14. The van der Waals surface area contributed by atoms with Gasteiger partial charge in [0, 0.05) is 34.5 Å². The van der Waals surface area contributed by atoms with E-state index in [-0.39, 0.29) is 29.2 Å². The van der Waals surface area contributed by atoms with Gasteiger partial charge in [0.1, 0.15) is 39.6 Å². The Kier molecular flexibility index (Phi) is 7.40. The van der Waals surface area contributed by atoms with Gasteiger partial charge in [0.15, 0.2) is 5.82 Å². The van der Waals surface area contributed by atoms with Crippen molar-refractivity contribution in [2.24, 2.45) is 0 Å². The van der Waals surface area contributed by atoms with E-state index < -0.39 is 20.9 Å². The third-order valence-corrected chi connectivity index (χ3v) is 9.45. The van der Waals surface area contributed by atoms with Crippen LogP contribution in [0.4, 0.5) is 5.69 Å². The molecule has 1 unspecified atom stereocenters. The Labute approximate surface area is 239 Å². The number of nitrogens with one attached hydrogen (secondary N) is 1. The van der Waals surface area contributed by atoms with Crippen LogP contribution >= 0.6 is 23.2 Å². The maximum Gasteiger partial charge on any atom is 0.330 e. The minimum Gasteiger partial charge on any atom is -0.385 e. The summed E-state index contributed by atoms with van der Waals surface area (Å²) in [5.74, 6) is 0.723. The number of carbonyl (C=O) groups is 1. The number of piperidine rings is 1. The number of sulfone groups is 1. The van der Waals surface area contributed by atoms with Gasteiger partial charge in [-0.15, -0.1) is 0 Å². The smallest absolute Gasteiger partial charge is 0.330 e. The molecule has 0 aliphatic carbocycles. The summed E-state index contributed by atoms with van der Waals surface area (Å²) in [6.07, 6.45) is 2.92. The number of fused-ring (bicyclic) bond motifs is 3. The molecule has 1 aromatic heterocycles. The van der Waals surface area contributed by atoms with Gasteiger partial charge in [0.2, 0.25) is 0 Å². The van der Waals surface area contributed by atoms with Gasteiger partial charge in [-0.2, -0.15) is 0 Å². The molecule has 2 aliphatic heterocycles. The van der Waals surface area contributed by atoms with Crippen molar-refractivity contribution in [1.29, 1.82) is 0 Å². The highest BCUT2D eigenvalue weighted by atomic mass is 35.5. The van der Waals surface area contributed by atoms with Gasteiger partial charge in [0.25, 0.3) is 0 Å². The second kappa shape index (κ2) is 10.1. The first kappa shape index (κ1) is 28.5. The van der Waals surface area contributed by atoms with E-state index in [2.05, 4.69) is 5.32 Å². The summed E-state index contributed by atoms with van der Waals surface area (Å²) in [7, 11) is -3.14. The van der Waals surface area contributed by atoms with Gasteiger partial charge >= 0.3 is 5.91 Å². The highest BCUT2D eigenvalue weighted by Gasteiger charge is 2.63.